The topological polar surface area (TPSA) is 38.0 Å². The molecule has 1 fully saturated rings. The molecule has 1 aromatic rings. The molecule has 0 spiro atoms. The smallest absolute Gasteiger partial charge is 0.103 e. The number of aryl methyl sites for hydroxylation is 1. The molecule has 3 heteroatoms. The Bertz CT molecular complexity index is 442. The van der Waals surface area contributed by atoms with Crippen LogP contribution in [0.2, 0.25) is 0 Å². The molecule has 1 aliphatic carbocycles. The second-order valence-corrected chi connectivity index (χ2v) is 5.85. The number of anilines is 1. The van der Waals surface area contributed by atoms with Crippen molar-refractivity contribution in [3.05, 3.63) is 29.3 Å². The lowest BCUT2D eigenvalue weighted by atomic mass is 9.85. The molecule has 2 unspecified atom stereocenters. The van der Waals surface area contributed by atoms with Crippen LogP contribution in [0.1, 0.15) is 43.7 Å². The zero-order valence-corrected chi connectivity index (χ0v) is 12.0. The Morgan fingerprint density at radius 1 is 1.33 bits per heavy atom. The van der Waals surface area contributed by atoms with E-state index in [2.05, 4.69) is 31.3 Å². The van der Waals surface area contributed by atoms with Gasteiger partial charge in [0.2, 0.25) is 0 Å². The van der Waals surface area contributed by atoms with E-state index in [1.165, 1.54) is 36.9 Å². The minimum Gasteiger partial charge on any atom is -0.389 e. The quantitative estimate of drug-likeness (QED) is 0.817. The largest absolute Gasteiger partial charge is 0.389 e. The zero-order chi connectivity index (χ0) is 13.1. The average molecular weight is 262 g/mol. The number of nitrogens with one attached hydrogen (secondary N) is 1. The summed E-state index contributed by atoms with van der Waals surface area (Å²) in [6.07, 6.45) is 5.32. The van der Waals surface area contributed by atoms with E-state index >= 15 is 0 Å². The van der Waals surface area contributed by atoms with E-state index in [0.717, 1.165) is 11.5 Å². The van der Waals surface area contributed by atoms with Crippen LogP contribution in [0.15, 0.2) is 18.2 Å². The highest BCUT2D eigenvalue weighted by atomic mass is 32.1. The van der Waals surface area contributed by atoms with E-state index in [0.29, 0.717) is 11.0 Å². The summed E-state index contributed by atoms with van der Waals surface area (Å²) in [5.74, 6) is 0.758. The average Bonchev–Trinajstić information content (AvgIpc) is 2.34. The summed E-state index contributed by atoms with van der Waals surface area (Å²) in [5.41, 5.74) is 9.04. The molecule has 0 amide bonds. The minimum absolute atomic E-state index is 0.468. The molecule has 1 saturated carbocycles. The molecule has 1 aromatic carbocycles. The van der Waals surface area contributed by atoms with Crippen LogP contribution in [0.5, 0.6) is 0 Å². The minimum atomic E-state index is 0.468. The first kappa shape index (κ1) is 13.3. The van der Waals surface area contributed by atoms with Crippen LogP contribution in [-0.4, -0.2) is 11.0 Å². The highest BCUT2D eigenvalue weighted by Crippen LogP contribution is 2.28. The van der Waals surface area contributed by atoms with Crippen molar-refractivity contribution >= 4 is 22.9 Å². The Hall–Kier alpha value is -1.09. The molecule has 2 rings (SSSR count). The number of thiocarbonyl (C=S) groups is 1. The predicted octanol–water partition coefficient (Wildman–Crippen LogP) is 3.62. The lowest BCUT2D eigenvalue weighted by Gasteiger charge is -2.31. The van der Waals surface area contributed by atoms with Crippen LogP contribution in [0, 0.1) is 12.8 Å². The fourth-order valence-corrected chi connectivity index (χ4v) is 2.84. The summed E-state index contributed by atoms with van der Waals surface area (Å²) < 4.78 is 0. The van der Waals surface area contributed by atoms with Gasteiger partial charge in [-0.2, -0.15) is 0 Å². The zero-order valence-electron chi connectivity index (χ0n) is 11.2. The van der Waals surface area contributed by atoms with Gasteiger partial charge in [-0.1, -0.05) is 32.0 Å². The van der Waals surface area contributed by atoms with E-state index in [9.17, 15) is 0 Å². The lowest BCUT2D eigenvalue weighted by molar-refractivity contribution is 0.349. The molecular formula is C15H22N2S. The number of rotatable bonds is 3. The van der Waals surface area contributed by atoms with Gasteiger partial charge in [-0.3, -0.25) is 0 Å². The van der Waals surface area contributed by atoms with Crippen molar-refractivity contribution in [3.8, 4) is 0 Å². The summed E-state index contributed by atoms with van der Waals surface area (Å²) in [4.78, 5) is 0.468. The highest BCUT2D eigenvalue weighted by molar-refractivity contribution is 7.80. The van der Waals surface area contributed by atoms with Gasteiger partial charge in [-0.05, 0) is 49.4 Å². The van der Waals surface area contributed by atoms with Gasteiger partial charge in [0.1, 0.15) is 4.99 Å². The van der Waals surface area contributed by atoms with Crippen LogP contribution >= 0.6 is 12.2 Å². The van der Waals surface area contributed by atoms with Gasteiger partial charge in [0.15, 0.2) is 0 Å². The molecule has 0 radical (unpaired) electrons. The third kappa shape index (κ3) is 3.02. The van der Waals surface area contributed by atoms with Crippen molar-refractivity contribution in [2.24, 2.45) is 11.7 Å². The summed E-state index contributed by atoms with van der Waals surface area (Å²) >= 11 is 5.00. The normalized spacial score (nSPS) is 23.7. The molecule has 2 atom stereocenters. The molecule has 0 aromatic heterocycles. The van der Waals surface area contributed by atoms with E-state index in [-0.39, 0.29) is 0 Å². The maximum absolute atomic E-state index is 5.65. The Balaban J connectivity index is 2.11. The SMILES string of the molecule is Cc1cc(C(N)=S)ccc1NC1CCCCC1C. The number of benzene rings is 1. The highest BCUT2D eigenvalue weighted by Gasteiger charge is 2.21. The fourth-order valence-electron chi connectivity index (χ4n) is 2.71. The molecule has 0 heterocycles. The predicted molar refractivity (Wildman–Crippen MR) is 82.1 cm³/mol. The molecule has 0 aliphatic heterocycles. The molecule has 1 aliphatic rings. The summed E-state index contributed by atoms with van der Waals surface area (Å²) in [5, 5.41) is 3.68. The maximum Gasteiger partial charge on any atom is 0.103 e. The Labute approximate surface area is 115 Å². The van der Waals surface area contributed by atoms with Gasteiger partial charge >= 0.3 is 0 Å². The Morgan fingerprint density at radius 2 is 2.06 bits per heavy atom. The summed E-state index contributed by atoms with van der Waals surface area (Å²) in [7, 11) is 0. The molecule has 18 heavy (non-hydrogen) atoms. The van der Waals surface area contributed by atoms with Crippen LogP contribution in [0.3, 0.4) is 0 Å². The Morgan fingerprint density at radius 3 is 2.67 bits per heavy atom. The molecule has 2 nitrogen and oxygen atoms in total. The standard InChI is InChI=1S/C15H22N2S/c1-10-5-3-4-6-13(10)17-14-8-7-12(15(16)18)9-11(14)2/h7-10,13,17H,3-6H2,1-2H3,(H2,16,18). The summed E-state index contributed by atoms with van der Waals surface area (Å²) in [6.45, 7) is 4.45. The van der Waals surface area contributed by atoms with Gasteiger partial charge in [0.05, 0.1) is 0 Å². The second-order valence-electron chi connectivity index (χ2n) is 5.41. The molecule has 0 bridgehead atoms. The molecule has 0 saturated heterocycles. The lowest BCUT2D eigenvalue weighted by Crippen LogP contribution is -2.30. The van der Waals surface area contributed by atoms with Crippen molar-refractivity contribution < 1.29 is 0 Å². The first-order chi connectivity index (χ1) is 8.58. The van der Waals surface area contributed by atoms with E-state index in [1.807, 2.05) is 6.07 Å². The van der Waals surface area contributed by atoms with Crippen LogP contribution in [-0.2, 0) is 0 Å². The van der Waals surface area contributed by atoms with E-state index in [4.69, 9.17) is 18.0 Å². The number of hydrogen-bond acceptors (Lipinski definition) is 2. The van der Waals surface area contributed by atoms with Gasteiger partial charge < -0.3 is 11.1 Å². The fraction of sp³-hybridized carbons (Fsp3) is 0.533. The third-order valence-electron chi connectivity index (χ3n) is 3.96. The van der Waals surface area contributed by atoms with Crippen LogP contribution < -0.4 is 11.1 Å². The van der Waals surface area contributed by atoms with Gasteiger partial charge in [0, 0.05) is 17.3 Å². The second kappa shape index (κ2) is 5.70. The number of nitrogens with two attached hydrogens (primary N) is 1. The van der Waals surface area contributed by atoms with Crippen molar-refractivity contribution in [3.63, 3.8) is 0 Å². The Kier molecular flexibility index (Phi) is 4.23. The van der Waals surface area contributed by atoms with E-state index in [1.54, 1.807) is 0 Å². The van der Waals surface area contributed by atoms with Gasteiger partial charge in [-0.25, -0.2) is 0 Å². The van der Waals surface area contributed by atoms with E-state index < -0.39 is 0 Å². The van der Waals surface area contributed by atoms with Crippen molar-refractivity contribution in [1.29, 1.82) is 0 Å². The van der Waals surface area contributed by atoms with Crippen molar-refractivity contribution in [2.75, 3.05) is 5.32 Å². The van der Waals surface area contributed by atoms with Crippen LogP contribution in [0.4, 0.5) is 5.69 Å². The van der Waals surface area contributed by atoms with Crippen molar-refractivity contribution in [2.45, 2.75) is 45.6 Å². The molecule has 98 valence electrons. The van der Waals surface area contributed by atoms with Gasteiger partial charge in [-0.15, -0.1) is 0 Å². The summed E-state index contributed by atoms with van der Waals surface area (Å²) in [6, 6.07) is 6.78. The monoisotopic (exact) mass is 262 g/mol. The molecular weight excluding hydrogens is 240 g/mol. The maximum atomic E-state index is 5.65. The first-order valence-electron chi connectivity index (χ1n) is 6.75. The number of hydrogen-bond donors (Lipinski definition) is 2. The van der Waals surface area contributed by atoms with Gasteiger partial charge in [0.25, 0.3) is 0 Å². The third-order valence-corrected chi connectivity index (χ3v) is 4.20. The molecule has 3 N–H and O–H groups in total. The van der Waals surface area contributed by atoms with Crippen molar-refractivity contribution in [1.82, 2.24) is 0 Å². The first-order valence-corrected chi connectivity index (χ1v) is 7.15. The van der Waals surface area contributed by atoms with Crippen LogP contribution in [0.25, 0.3) is 0 Å².